The summed E-state index contributed by atoms with van der Waals surface area (Å²) in [5, 5.41) is 3.33. The van der Waals surface area contributed by atoms with Crippen LogP contribution in [0.5, 0.6) is 11.5 Å². The summed E-state index contributed by atoms with van der Waals surface area (Å²) in [5.41, 5.74) is 0.654. The largest absolute Gasteiger partial charge is 0.456 e. The van der Waals surface area contributed by atoms with Crippen LogP contribution in [-0.4, -0.2) is 29.8 Å². The van der Waals surface area contributed by atoms with Crippen molar-refractivity contribution in [3.8, 4) is 11.5 Å². The van der Waals surface area contributed by atoms with Gasteiger partial charge in [0.25, 0.3) is 0 Å². The molecule has 1 aliphatic rings. The molecule has 0 aliphatic carbocycles. The van der Waals surface area contributed by atoms with E-state index >= 15 is 0 Å². The fourth-order valence-electron chi connectivity index (χ4n) is 2.66. The molecule has 1 fully saturated rings. The summed E-state index contributed by atoms with van der Waals surface area (Å²) >= 11 is 6.06. The average molecular weight is 359 g/mol. The molecule has 2 aromatic carbocycles. The Morgan fingerprint density at radius 2 is 1.88 bits per heavy atom. The highest BCUT2D eigenvalue weighted by Crippen LogP contribution is 2.29. The highest BCUT2D eigenvalue weighted by molar-refractivity contribution is 6.32. The van der Waals surface area contributed by atoms with E-state index in [-0.39, 0.29) is 18.4 Å². The number of nitrogens with one attached hydrogen (secondary N) is 1. The molecule has 6 heteroatoms. The van der Waals surface area contributed by atoms with Crippen molar-refractivity contribution < 1.29 is 14.3 Å². The van der Waals surface area contributed by atoms with Gasteiger partial charge < -0.3 is 15.0 Å². The number of likely N-dealkylation sites (tertiary alicyclic amines) is 1. The van der Waals surface area contributed by atoms with Gasteiger partial charge in [0.05, 0.1) is 11.6 Å². The SMILES string of the molecule is O=C(CN1CCCCC1=O)Nc1ccc(Oc2ccccc2Cl)cc1. The Bertz CT molecular complexity index is 762. The van der Waals surface area contributed by atoms with Crippen LogP contribution in [0.2, 0.25) is 5.02 Å². The van der Waals surface area contributed by atoms with E-state index in [4.69, 9.17) is 16.3 Å². The molecular weight excluding hydrogens is 340 g/mol. The first-order valence-corrected chi connectivity index (χ1v) is 8.60. The number of anilines is 1. The van der Waals surface area contributed by atoms with Crippen LogP contribution in [0.25, 0.3) is 0 Å². The lowest BCUT2D eigenvalue weighted by Crippen LogP contribution is -2.40. The highest BCUT2D eigenvalue weighted by Gasteiger charge is 2.20. The van der Waals surface area contributed by atoms with Crippen molar-refractivity contribution in [2.45, 2.75) is 19.3 Å². The summed E-state index contributed by atoms with van der Waals surface area (Å²) in [5.74, 6) is 1.04. The third-order valence-corrected chi connectivity index (χ3v) is 4.27. The van der Waals surface area contributed by atoms with E-state index in [1.807, 2.05) is 12.1 Å². The lowest BCUT2D eigenvalue weighted by Gasteiger charge is -2.25. The van der Waals surface area contributed by atoms with Gasteiger partial charge >= 0.3 is 0 Å². The first-order valence-electron chi connectivity index (χ1n) is 8.22. The summed E-state index contributed by atoms with van der Waals surface area (Å²) in [6, 6.07) is 14.2. The van der Waals surface area contributed by atoms with E-state index in [9.17, 15) is 9.59 Å². The van der Waals surface area contributed by atoms with Crippen LogP contribution in [-0.2, 0) is 9.59 Å². The fraction of sp³-hybridized carbons (Fsp3) is 0.263. The minimum atomic E-state index is -0.199. The second-order valence-electron chi connectivity index (χ2n) is 5.88. The number of ether oxygens (including phenoxy) is 1. The Balaban J connectivity index is 1.56. The van der Waals surface area contributed by atoms with Gasteiger partial charge in [-0.3, -0.25) is 9.59 Å². The molecule has 2 amide bonds. The van der Waals surface area contributed by atoms with E-state index in [0.29, 0.717) is 35.2 Å². The molecule has 0 saturated carbocycles. The number of halogens is 1. The number of carbonyl (C=O) groups excluding carboxylic acids is 2. The molecule has 1 heterocycles. The van der Waals surface area contributed by atoms with E-state index < -0.39 is 0 Å². The number of rotatable bonds is 5. The number of amides is 2. The topological polar surface area (TPSA) is 58.6 Å². The lowest BCUT2D eigenvalue weighted by atomic mass is 10.1. The molecule has 130 valence electrons. The zero-order valence-electron chi connectivity index (χ0n) is 13.7. The van der Waals surface area contributed by atoms with E-state index in [1.165, 1.54) is 0 Å². The van der Waals surface area contributed by atoms with Gasteiger partial charge in [-0.15, -0.1) is 0 Å². The monoisotopic (exact) mass is 358 g/mol. The van der Waals surface area contributed by atoms with Crippen LogP contribution in [0.3, 0.4) is 0 Å². The molecule has 25 heavy (non-hydrogen) atoms. The Labute approximate surface area is 151 Å². The number of hydrogen-bond acceptors (Lipinski definition) is 3. The number of carbonyl (C=O) groups is 2. The lowest BCUT2D eigenvalue weighted by molar-refractivity contribution is -0.136. The van der Waals surface area contributed by atoms with Gasteiger partial charge in [0.1, 0.15) is 11.5 Å². The number of benzene rings is 2. The minimum Gasteiger partial charge on any atom is -0.456 e. The molecular formula is C19H19ClN2O3. The molecule has 0 bridgehead atoms. The van der Waals surface area contributed by atoms with Crippen molar-refractivity contribution in [2.75, 3.05) is 18.4 Å². The van der Waals surface area contributed by atoms with Gasteiger partial charge in [0.15, 0.2) is 0 Å². The van der Waals surface area contributed by atoms with E-state index in [0.717, 1.165) is 12.8 Å². The smallest absolute Gasteiger partial charge is 0.243 e. The molecule has 3 rings (SSSR count). The first kappa shape index (κ1) is 17.3. The van der Waals surface area contributed by atoms with Gasteiger partial charge in [0.2, 0.25) is 11.8 Å². The van der Waals surface area contributed by atoms with Crippen molar-refractivity contribution in [3.05, 3.63) is 53.6 Å². The predicted octanol–water partition coefficient (Wildman–Crippen LogP) is 4.08. The van der Waals surface area contributed by atoms with Crippen LogP contribution in [0.4, 0.5) is 5.69 Å². The molecule has 0 aromatic heterocycles. The Morgan fingerprint density at radius 3 is 2.60 bits per heavy atom. The van der Waals surface area contributed by atoms with Gasteiger partial charge in [0, 0.05) is 18.7 Å². The zero-order chi connectivity index (χ0) is 17.6. The van der Waals surface area contributed by atoms with Crippen LogP contribution >= 0.6 is 11.6 Å². The molecule has 2 aromatic rings. The maximum atomic E-state index is 12.1. The van der Waals surface area contributed by atoms with Gasteiger partial charge in [-0.1, -0.05) is 23.7 Å². The second-order valence-corrected chi connectivity index (χ2v) is 6.28. The Morgan fingerprint density at radius 1 is 1.12 bits per heavy atom. The van der Waals surface area contributed by atoms with Crippen LogP contribution < -0.4 is 10.1 Å². The van der Waals surface area contributed by atoms with Crippen LogP contribution in [0.1, 0.15) is 19.3 Å². The second kappa shape index (κ2) is 8.03. The Hall–Kier alpha value is -2.53. The third kappa shape index (κ3) is 4.73. The molecule has 1 N–H and O–H groups in total. The van der Waals surface area contributed by atoms with E-state index in [2.05, 4.69) is 5.32 Å². The quantitative estimate of drug-likeness (QED) is 0.876. The van der Waals surface area contributed by atoms with Crippen molar-refractivity contribution in [1.29, 1.82) is 0 Å². The third-order valence-electron chi connectivity index (χ3n) is 3.96. The fourth-order valence-corrected chi connectivity index (χ4v) is 2.84. The molecule has 0 radical (unpaired) electrons. The number of para-hydroxylation sites is 1. The highest BCUT2D eigenvalue weighted by atomic mass is 35.5. The normalized spacial score (nSPS) is 14.3. The van der Waals surface area contributed by atoms with Crippen LogP contribution in [0.15, 0.2) is 48.5 Å². The molecule has 0 atom stereocenters. The molecule has 1 saturated heterocycles. The van der Waals surface area contributed by atoms with Gasteiger partial charge in [-0.25, -0.2) is 0 Å². The zero-order valence-corrected chi connectivity index (χ0v) is 14.5. The van der Waals surface area contributed by atoms with Gasteiger partial charge in [-0.2, -0.15) is 0 Å². The number of hydrogen-bond donors (Lipinski definition) is 1. The van der Waals surface area contributed by atoms with Gasteiger partial charge in [-0.05, 0) is 49.2 Å². The summed E-state index contributed by atoms with van der Waals surface area (Å²) in [7, 11) is 0. The van der Waals surface area contributed by atoms with E-state index in [1.54, 1.807) is 41.3 Å². The predicted molar refractivity (Wildman–Crippen MR) is 97.0 cm³/mol. The van der Waals surface area contributed by atoms with Crippen LogP contribution in [0, 0.1) is 0 Å². The summed E-state index contributed by atoms with van der Waals surface area (Å²) in [6.07, 6.45) is 2.39. The van der Waals surface area contributed by atoms with Crippen molar-refractivity contribution in [3.63, 3.8) is 0 Å². The molecule has 5 nitrogen and oxygen atoms in total. The molecule has 0 spiro atoms. The first-order chi connectivity index (χ1) is 12.1. The van der Waals surface area contributed by atoms with Crippen molar-refractivity contribution in [1.82, 2.24) is 4.90 Å². The van der Waals surface area contributed by atoms with Crippen molar-refractivity contribution in [2.24, 2.45) is 0 Å². The van der Waals surface area contributed by atoms with Crippen molar-refractivity contribution >= 4 is 29.1 Å². The minimum absolute atomic E-state index is 0.0462. The Kier molecular flexibility index (Phi) is 5.56. The maximum Gasteiger partial charge on any atom is 0.243 e. The number of nitrogens with zero attached hydrogens (tertiary/aromatic N) is 1. The standard InChI is InChI=1S/C19H19ClN2O3/c20-16-5-1-2-6-17(16)25-15-10-8-14(9-11-15)21-18(23)13-22-12-4-3-7-19(22)24/h1-2,5-6,8-11H,3-4,7,12-13H2,(H,21,23). The average Bonchev–Trinajstić information content (AvgIpc) is 2.61. The summed E-state index contributed by atoms with van der Waals surface area (Å²) in [6.45, 7) is 0.744. The summed E-state index contributed by atoms with van der Waals surface area (Å²) in [4.78, 5) is 25.4. The molecule has 0 unspecified atom stereocenters. The summed E-state index contributed by atoms with van der Waals surface area (Å²) < 4.78 is 5.71. The molecule has 1 aliphatic heterocycles. The number of piperidine rings is 1. The maximum absolute atomic E-state index is 12.1.